The molecule has 0 radical (unpaired) electrons. The van der Waals surface area contributed by atoms with Gasteiger partial charge < -0.3 is 20.4 Å². The highest BCUT2D eigenvalue weighted by Gasteiger charge is 2.21. The van der Waals surface area contributed by atoms with E-state index in [2.05, 4.69) is 15.5 Å². The van der Waals surface area contributed by atoms with Gasteiger partial charge in [-0.2, -0.15) is 0 Å². The number of benzene rings is 2. The van der Waals surface area contributed by atoms with E-state index in [4.69, 9.17) is 0 Å². The van der Waals surface area contributed by atoms with E-state index in [1.54, 1.807) is 17.0 Å². The highest BCUT2D eigenvalue weighted by atomic mass is 19.1. The maximum absolute atomic E-state index is 13.2. The summed E-state index contributed by atoms with van der Waals surface area (Å²) in [4.78, 5) is 27.3. The average molecular weight is 356 g/mol. The number of urea groups is 1. The molecule has 1 aliphatic heterocycles. The lowest BCUT2D eigenvalue weighted by Gasteiger charge is -2.36. The van der Waals surface area contributed by atoms with E-state index in [1.807, 2.05) is 24.3 Å². The molecule has 1 fully saturated rings. The summed E-state index contributed by atoms with van der Waals surface area (Å²) in [5.41, 5.74) is 2.25. The zero-order valence-electron chi connectivity index (χ0n) is 14.5. The van der Waals surface area contributed by atoms with Crippen molar-refractivity contribution in [3.8, 4) is 0 Å². The van der Waals surface area contributed by atoms with Crippen LogP contribution in [0.5, 0.6) is 0 Å². The standard InChI is InChI=1S/C19H21FN4O2/c1-14(25)21-16-5-7-18(8-6-16)23-9-11-24(12-10-23)19(26)22-17-4-2-3-15(20)13-17/h2-8,13H,9-12H2,1H3,(H,21,25)(H,22,26). The van der Waals surface area contributed by atoms with Crippen molar-refractivity contribution in [1.29, 1.82) is 0 Å². The van der Waals surface area contributed by atoms with E-state index in [1.165, 1.54) is 19.1 Å². The minimum Gasteiger partial charge on any atom is -0.368 e. The van der Waals surface area contributed by atoms with Crippen LogP contribution >= 0.6 is 0 Å². The number of amides is 3. The van der Waals surface area contributed by atoms with E-state index in [9.17, 15) is 14.0 Å². The van der Waals surface area contributed by atoms with Crippen molar-refractivity contribution in [3.63, 3.8) is 0 Å². The molecule has 3 rings (SSSR count). The Labute approximate surface area is 151 Å². The summed E-state index contributed by atoms with van der Waals surface area (Å²) in [6.45, 7) is 4.04. The molecule has 0 saturated carbocycles. The summed E-state index contributed by atoms with van der Waals surface area (Å²) in [5, 5.41) is 5.46. The average Bonchev–Trinajstić information content (AvgIpc) is 2.62. The number of rotatable bonds is 3. The maximum atomic E-state index is 13.2. The second-order valence-electron chi connectivity index (χ2n) is 6.14. The van der Waals surface area contributed by atoms with Crippen molar-refractivity contribution >= 4 is 29.0 Å². The van der Waals surface area contributed by atoms with Gasteiger partial charge in [-0.15, -0.1) is 0 Å². The van der Waals surface area contributed by atoms with Gasteiger partial charge in [-0.25, -0.2) is 9.18 Å². The Morgan fingerprint density at radius 1 is 0.923 bits per heavy atom. The second-order valence-corrected chi connectivity index (χ2v) is 6.14. The number of piperazine rings is 1. The van der Waals surface area contributed by atoms with Gasteiger partial charge in [-0.3, -0.25) is 4.79 Å². The highest BCUT2D eigenvalue weighted by molar-refractivity contribution is 5.90. The van der Waals surface area contributed by atoms with Crippen molar-refractivity contribution in [2.24, 2.45) is 0 Å². The number of nitrogens with one attached hydrogen (secondary N) is 2. The lowest BCUT2D eigenvalue weighted by molar-refractivity contribution is -0.114. The topological polar surface area (TPSA) is 64.7 Å². The fourth-order valence-electron chi connectivity index (χ4n) is 2.90. The predicted molar refractivity (Wildman–Crippen MR) is 100.0 cm³/mol. The normalized spacial score (nSPS) is 14.1. The first-order valence-electron chi connectivity index (χ1n) is 8.45. The summed E-state index contributed by atoms with van der Waals surface area (Å²) in [6.07, 6.45) is 0. The molecule has 0 unspecified atom stereocenters. The smallest absolute Gasteiger partial charge is 0.321 e. The van der Waals surface area contributed by atoms with Crippen molar-refractivity contribution < 1.29 is 14.0 Å². The molecule has 2 aromatic rings. The molecule has 6 nitrogen and oxygen atoms in total. The number of carbonyl (C=O) groups is 2. The molecule has 26 heavy (non-hydrogen) atoms. The Balaban J connectivity index is 1.53. The van der Waals surface area contributed by atoms with Crippen LogP contribution in [0.15, 0.2) is 48.5 Å². The molecule has 0 atom stereocenters. The van der Waals surface area contributed by atoms with Crippen LogP contribution in [0.25, 0.3) is 0 Å². The van der Waals surface area contributed by atoms with Gasteiger partial charge >= 0.3 is 6.03 Å². The molecular weight excluding hydrogens is 335 g/mol. The first kappa shape index (κ1) is 17.7. The molecule has 0 aliphatic carbocycles. The first-order valence-corrected chi connectivity index (χ1v) is 8.45. The highest BCUT2D eigenvalue weighted by Crippen LogP contribution is 2.20. The van der Waals surface area contributed by atoms with Crippen molar-refractivity contribution in [3.05, 3.63) is 54.3 Å². The van der Waals surface area contributed by atoms with E-state index in [0.717, 1.165) is 11.4 Å². The number of halogens is 1. The molecule has 0 aromatic heterocycles. The number of anilines is 3. The SMILES string of the molecule is CC(=O)Nc1ccc(N2CCN(C(=O)Nc3cccc(F)c3)CC2)cc1. The molecule has 1 aliphatic rings. The minimum atomic E-state index is -0.379. The largest absolute Gasteiger partial charge is 0.368 e. The van der Waals surface area contributed by atoms with Crippen LogP contribution in [-0.2, 0) is 4.79 Å². The number of hydrogen-bond acceptors (Lipinski definition) is 3. The molecule has 1 heterocycles. The van der Waals surface area contributed by atoms with Gasteiger partial charge in [0.2, 0.25) is 5.91 Å². The number of carbonyl (C=O) groups excluding carboxylic acids is 2. The van der Waals surface area contributed by atoms with Crippen molar-refractivity contribution in [1.82, 2.24) is 4.90 Å². The molecule has 7 heteroatoms. The van der Waals surface area contributed by atoms with Gasteiger partial charge in [0.1, 0.15) is 5.82 Å². The Hall–Kier alpha value is -3.09. The summed E-state index contributed by atoms with van der Waals surface area (Å²) in [7, 11) is 0. The zero-order chi connectivity index (χ0) is 18.5. The van der Waals surface area contributed by atoms with Gasteiger partial charge in [0.25, 0.3) is 0 Å². The molecular formula is C19H21FN4O2. The molecule has 136 valence electrons. The van der Waals surface area contributed by atoms with E-state index in [-0.39, 0.29) is 17.8 Å². The van der Waals surface area contributed by atoms with Gasteiger partial charge in [-0.05, 0) is 42.5 Å². The van der Waals surface area contributed by atoms with Crippen LogP contribution in [0.2, 0.25) is 0 Å². The van der Waals surface area contributed by atoms with Crippen LogP contribution in [0.4, 0.5) is 26.2 Å². The molecule has 2 aromatic carbocycles. The lowest BCUT2D eigenvalue weighted by atomic mass is 10.2. The van der Waals surface area contributed by atoms with E-state index >= 15 is 0 Å². The third-order valence-corrected chi connectivity index (χ3v) is 4.20. The molecule has 3 amide bonds. The monoisotopic (exact) mass is 356 g/mol. The molecule has 0 bridgehead atoms. The van der Waals surface area contributed by atoms with Crippen molar-refractivity contribution in [2.75, 3.05) is 41.7 Å². The number of hydrogen-bond donors (Lipinski definition) is 2. The summed E-state index contributed by atoms with van der Waals surface area (Å²) in [5.74, 6) is -0.481. The van der Waals surface area contributed by atoms with Gasteiger partial charge in [0, 0.05) is 50.2 Å². The third-order valence-electron chi connectivity index (χ3n) is 4.20. The van der Waals surface area contributed by atoms with Gasteiger partial charge in [-0.1, -0.05) is 6.07 Å². The van der Waals surface area contributed by atoms with Crippen LogP contribution in [0, 0.1) is 5.82 Å². The lowest BCUT2D eigenvalue weighted by Crippen LogP contribution is -2.50. The summed E-state index contributed by atoms with van der Waals surface area (Å²) >= 11 is 0. The van der Waals surface area contributed by atoms with E-state index < -0.39 is 0 Å². The molecule has 1 saturated heterocycles. The fraction of sp³-hybridized carbons (Fsp3) is 0.263. The van der Waals surface area contributed by atoms with Crippen LogP contribution in [-0.4, -0.2) is 43.0 Å². The van der Waals surface area contributed by atoms with Crippen molar-refractivity contribution in [2.45, 2.75) is 6.92 Å². The second kappa shape index (κ2) is 7.86. The Morgan fingerprint density at radius 2 is 1.62 bits per heavy atom. The first-order chi connectivity index (χ1) is 12.5. The summed E-state index contributed by atoms with van der Waals surface area (Å²) in [6, 6.07) is 13.3. The van der Waals surface area contributed by atoms with Crippen LogP contribution < -0.4 is 15.5 Å². The minimum absolute atomic E-state index is 0.101. The molecule has 2 N–H and O–H groups in total. The van der Waals surface area contributed by atoms with Gasteiger partial charge in [0.15, 0.2) is 0 Å². The predicted octanol–water partition coefficient (Wildman–Crippen LogP) is 3.14. The number of nitrogens with zero attached hydrogens (tertiary/aromatic N) is 2. The quantitative estimate of drug-likeness (QED) is 0.888. The fourth-order valence-corrected chi connectivity index (χ4v) is 2.90. The van der Waals surface area contributed by atoms with E-state index in [0.29, 0.717) is 31.9 Å². The Bertz CT molecular complexity index is 786. The molecule has 0 spiro atoms. The Kier molecular flexibility index (Phi) is 5.36. The Morgan fingerprint density at radius 3 is 2.23 bits per heavy atom. The zero-order valence-corrected chi connectivity index (χ0v) is 14.5. The van der Waals surface area contributed by atoms with Crippen LogP contribution in [0.1, 0.15) is 6.92 Å². The van der Waals surface area contributed by atoms with Gasteiger partial charge in [0.05, 0.1) is 0 Å². The maximum Gasteiger partial charge on any atom is 0.321 e. The van der Waals surface area contributed by atoms with Crippen LogP contribution in [0.3, 0.4) is 0 Å². The third kappa shape index (κ3) is 4.50. The summed E-state index contributed by atoms with van der Waals surface area (Å²) < 4.78 is 13.2.